The van der Waals surface area contributed by atoms with Crippen LogP contribution in [0.2, 0.25) is 0 Å². The molecule has 0 atom stereocenters. The fraction of sp³-hybridized carbons (Fsp3) is 0. The van der Waals surface area contributed by atoms with Gasteiger partial charge in [0.15, 0.2) is 5.78 Å². The van der Waals surface area contributed by atoms with E-state index in [9.17, 15) is 4.79 Å². The Kier molecular flexibility index (Phi) is 3.46. The monoisotopic (exact) mass is 294 g/mol. The summed E-state index contributed by atoms with van der Waals surface area (Å²) >= 11 is 1.59. The summed E-state index contributed by atoms with van der Waals surface area (Å²) in [5.74, 6) is -0.00718. The molecular weight excluding hydrogens is 280 g/mol. The van der Waals surface area contributed by atoms with Crippen LogP contribution in [0.4, 0.5) is 11.4 Å². The zero-order chi connectivity index (χ0) is 14.8. The van der Waals surface area contributed by atoms with Gasteiger partial charge in [0, 0.05) is 32.8 Å². The van der Waals surface area contributed by atoms with Gasteiger partial charge in [0.05, 0.1) is 0 Å². The van der Waals surface area contributed by atoms with Crippen LogP contribution in [0.25, 0.3) is 10.4 Å². The molecule has 0 unspecified atom stereocenters. The Labute approximate surface area is 126 Å². The Morgan fingerprint density at radius 3 is 1.90 bits per heavy atom. The van der Waals surface area contributed by atoms with E-state index in [0.29, 0.717) is 16.8 Å². The molecule has 0 aliphatic carbocycles. The Bertz CT molecular complexity index is 773. The zero-order valence-electron chi connectivity index (χ0n) is 11.2. The van der Waals surface area contributed by atoms with E-state index in [1.807, 2.05) is 35.7 Å². The second-order valence-corrected chi connectivity index (χ2v) is 5.68. The van der Waals surface area contributed by atoms with Crippen LogP contribution in [-0.2, 0) is 0 Å². The topological polar surface area (TPSA) is 69.1 Å². The highest BCUT2D eigenvalue weighted by Crippen LogP contribution is 2.28. The highest BCUT2D eigenvalue weighted by atomic mass is 32.1. The molecule has 21 heavy (non-hydrogen) atoms. The largest absolute Gasteiger partial charge is 0.399 e. The van der Waals surface area contributed by atoms with Crippen LogP contribution >= 0.6 is 11.3 Å². The van der Waals surface area contributed by atoms with E-state index in [2.05, 4.69) is 0 Å². The molecule has 4 heteroatoms. The first kappa shape index (κ1) is 13.4. The standard InChI is InChI=1S/C17H14N2OS/c18-14-7-5-13(6-8-14)17(20)12-3-1-11(2-4-12)16-9-15(19)10-21-16/h1-10H,18-19H2. The number of hydrogen-bond donors (Lipinski definition) is 2. The second kappa shape index (κ2) is 5.42. The smallest absolute Gasteiger partial charge is 0.193 e. The van der Waals surface area contributed by atoms with Crippen molar-refractivity contribution < 1.29 is 4.79 Å². The normalized spacial score (nSPS) is 10.5. The van der Waals surface area contributed by atoms with Gasteiger partial charge in [0.25, 0.3) is 0 Å². The van der Waals surface area contributed by atoms with Crippen molar-refractivity contribution in [3.8, 4) is 10.4 Å². The Hall–Kier alpha value is -2.59. The van der Waals surface area contributed by atoms with Gasteiger partial charge in [-0.05, 0) is 35.9 Å². The fourth-order valence-electron chi connectivity index (χ4n) is 2.09. The third-order valence-electron chi connectivity index (χ3n) is 3.22. The maximum absolute atomic E-state index is 12.4. The molecule has 0 spiro atoms. The lowest BCUT2D eigenvalue weighted by molar-refractivity contribution is 0.103. The zero-order valence-corrected chi connectivity index (χ0v) is 12.1. The highest BCUT2D eigenvalue weighted by molar-refractivity contribution is 7.14. The van der Waals surface area contributed by atoms with Gasteiger partial charge in [-0.25, -0.2) is 0 Å². The molecule has 2 aromatic carbocycles. The van der Waals surface area contributed by atoms with E-state index in [0.717, 1.165) is 16.1 Å². The molecule has 0 amide bonds. The lowest BCUT2D eigenvalue weighted by atomic mass is 10.0. The van der Waals surface area contributed by atoms with Gasteiger partial charge >= 0.3 is 0 Å². The first-order valence-electron chi connectivity index (χ1n) is 6.48. The molecule has 0 saturated carbocycles. The number of benzene rings is 2. The number of rotatable bonds is 3. The summed E-state index contributed by atoms with van der Waals surface area (Å²) in [6, 6.07) is 16.4. The Morgan fingerprint density at radius 2 is 1.38 bits per heavy atom. The van der Waals surface area contributed by atoms with Crippen LogP contribution < -0.4 is 11.5 Å². The van der Waals surface area contributed by atoms with Gasteiger partial charge in [-0.2, -0.15) is 0 Å². The van der Waals surface area contributed by atoms with Crippen molar-refractivity contribution in [3.05, 3.63) is 71.1 Å². The van der Waals surface area contributed by atoms with E-state index in [1.165, 1.54) is 0 Å². The van der Waals surface area contributed by atoms with Crippen molar-refractivity contribution in [1.82, 2.24) is 0 Å². The lowest BCUT2D eigenvalue weighted by Crippen LogP contribution is -2.01. The maximum Gasteiger partial charge on any atom is 0.193 e. The van der Waals surface area contributed by atoms with E-state index in [1.54, 1.807) is 35.6 Å². The molecule has 0 aliphatic rings. The summed E-state index contributed by atoms with van der Waals surface area (Å²) in [6.45, 7) is 0. The molecule has 0 saturated heterocycles. The number of thiophene rings is 1. The number of nitrogen functional groups attached to an aromatic ring is 2. The molecule has 0 fully saturated rings. The Morgan fingerprint density at radius 1 is 0.810 bits per heavy atom. The first-order valence-corrected chi connectivity index (χ1v) is 7.36. The van der Waals surface area contributed by atoms with Crippen molar-refractivity contribution in [2.45, 2.75) is 0 Å². The molecule has 4 N–H and O–H groups in total. The molecule has 104 valence electrons. The van der Waals surface area contributed by atoms with Crippen LogP contribution in [0.3, 0.4) is 0 Å². The summed E-state index contributed by atoms with van der Waals surface area (Å²) in [5, 5.41) is 1.91. The predicted octanol–water partition coefficient (Wildman–Crippen LogP) is 3.81. The van der Waals surface area contributed by atoms with E-state index in [-0.39, 0.29) is 5.78 Å². The van der Waals surface area contributed by atoms with Crippen LogP contribution in [0, 0.1) is 0 Å². The summed E-state index contributed by atoms with van der Waals surface area (Å²) in [6.07, 6.45) is 0. The number of hydrogen-bond acceptors (Lipinski definition) is 4. The molecular formula is C17H14N2OS. The summed E-state index contributed by atoms with van der Waals surface area (Å²) in [7, 11) is 0. The highest BCUT2D eigenvalue weighted by Gasteiger charge is 2.09. The molecule has 1 heterocycles. The predicted molar refractivity (Wildman–Crippen MR) is 88.5 cm³/mol. The molecule has 1 aromatic heterocycles. The number of anilines is 2. The van der Waals surface area contributed by atoms with Crippen molar-refractivity contribution in [1.29, 1.82) is 0 Å². The van der Waals surface area contributed by atoms with Gasteiger partial charge in [0.1, 0.15) is 0 Å². The maximum atomic E-state index is 12.4. The second-order valence-electron chi connectivity index (χ2n) is 4.77. The molecule has 0 radical (unpaired) electrons. The SMILES string of the molecule is Nc1ccc(C(=O)c2ccc(-c3cc(N)cs3)cc2)cc1. The third kappa shape index (κ3) is 2.80. The minimum atomic E-state index is -0.00718. The van der Waals surface area contributed by atoms with Crippen LogP contribution in [0.5, 0.6) is 0 Å². The van der Waals surface area contributed by atoms with E-state index >= 15 is 0 Å². The van der Waals surface area contributed by atoms with Gasteiger partial charge in [-0.15, -0.1) is 11.3 Å². The molecule has 0 aliphatic heterocycles. The van der Waals surface area contributed by atoms with E-state index < -0.39 is 0 Å². The van der Waals surface area contributed by atoms with Gasteiger partial charge in [-0.3, -0.25) is 4.79 Å². The van der Waals surface area contributed by atoms with Crippen molar-refractivity contribution >= 4 is 28.5 Å². The molecule has 0 bridgehead atoms. The van der Waals surface area contributed by atoms with Crippen molar-refractivity contribution in [2.75, 3.05) is 11.5 Å². The van der Waals surface area contributed by atoms with Crippen LogP contribution in [-0.4, -0.2) is 5.78 Å². The summed E-state index contributed by atoms with van der Waals surface area (Å²) in [5.41, 5.74) is 15.1. The lowest BCUT2D eigenvalue weighted by Gasteiger charge is -2.03. The quantitative estimate of drug-likeness (QED) is 0.570. The number of nitrogens with two attached hydrogens (primary N) is 2. The fourth-order valence-corrected chi connectivity index (χ4v) is 2.90. The van der Waals surface area contributed by atoms with Gasteiger partial charge in [0.2, 0.25) is 0 Å². The van der Waals surface area contributed by atoms with Crippen molar-refractivity contribution in [3.63, 3.8) is 0 Å². The van der Waals surface area contributed by atoms with Crippen LogP contribution in [0.15, 0.2) is 60.0 Å². The molecule has 3 nitrogen and oxygen atoms in total. The summed E-state index contributed by atoms with van der Waals surface area (Å²) < 4.78 is 0. The minimum absolute atomic E-state index is 0.00718. The molecule has 3 aromatic rings. The molecule has 3 rings (SSSR count). The number of ketones is 1. The summed E-state index contributed by atoms with van der Waals surface area (Å²) in [4.78, 5) is 13.4. The van der Waals surface area contributed by atoms with Gasteiger partial charge in [-0.1, -0.05) is 24.3 Å². The number of carbonyl (C=O) groups is 1. The number of carbonyl (C=O) groups excluding carboxylic acids is 1. The van der Waals surface area contributed by atoms with Gasteiger partial charge < -0.3 is 11.5 Å². The minimum Gasteiger partial charge on any atom is -0.399 e. The Balaban J connectivity index is 1.87. The van der Waals surface area contributed by atoms with Crippen LogP contribution in [0.1, 0.15) is 15.9 Å². The van der Waals surface area contributed by atoms with Crippen molar-refractivity contribution in [2.24, 2.45) is 0 Å². The third-order valence-corrected chi connectivity index (χ3v) is 4.22. The average molecular weight is 294 g/mol. The average Bonchev–Trinajstić information content (AvgIpc) is 2.94. The first-order chi connectivity index (χ1) is 10.1. The van der Waals surface area contributed by atoms with E-state index in [4.69, 9.17) is 11.5 Å².